The summed E-state index contributed by atoms with van der Waals surface area (Å²) in [5, 5.41) is 2.90. The van der Waals surface area contributed by atoms with Gasteiger partial charge in [0.1, 0.15) is 0 Å². The van der Waals surface area contributed by atoms with Crippen molar-refractivity contribution in [1.29, 1.82) is 0 Å². The number of H-pyrrole nitrogens is 1. The fourth-order valence-electron chi connectivity index (χ4n) is 1.41. The van der Waals surface area contributed by atoms with Gasteiger partial charge in [-0.15, -0.1) is 0 Å². The molecule has 0 unspecified atom stereocenters. The van der Waals surface area contributed by atoms with Gasteiger partial charge in [-0.1, -0.05) is 0 Å². The minimum Gasteiger partial charge on any atom is -0.467 e. The molecular formula is C10H12N4O2. The van der Waals surface area contributed by atoms with E-state index in [4.69, 9.17) is 4.74 Å². The molecule has 2 heterocycles. The van der Waals surface area contributed by atoms with Crippen molar-refractivity contribution in [2.75, 3.05) is 7.11 Å². The van der Waals surface area contributed by atoms with Gasteiger partial charge in [-0.2, -0.15) is 4.98 Å². The van der Waals surface area contributed by atoms with E-state index in [0.717, 1.165) is 11.4 Å². The van der Waals surface area contributed by atoms with Crippen molar-refractivity contribution < 1.29 is 4.74 Å². The van der Waals surface area contributed by atoms with E-state index in [0.29, 0.717) is 5.82 Å². The summed E-state index contributed by atoms with van der Waals surface area (Å²) in [4.78, 5) is 19.7. The molecule has 0 saturated heterocycles. The first kappa shape index (κ1) is 10.4. The summed E-state index contributed by atoms with van der Waals surface area (Å²) in [7, 11) is 1.49. The van der Waals surface area contributed by atoms with Crippen molar-refractivity contribution in [3.63, 3.8) is 0 Å². The lowest BCUT2D eigenvalue weighted by Crippen LogP contribution is -2.15. The van der Waals surface area contributed by atoms with E-state index in [1.165, 1.54) is 17.9 Å². The fraction of sp³-hybridized carbons (Fsp3) is 0.300. The van der Waals surface area contributed by atoms with Gasteiger partial charge in [-0.3, -0.25) is 9.89 Å². The van der Waals surface area contributed by atoms with Gasteiger partial charge in [-0.25, -0.2) is 9.67 Å². The Balaban J connectivity index is 2.59. The predicted molar refractivity (Wildman–Crippen MR) is 58.0 cm³/mol. The highest BCUT2D eigenvalue weighted by molar-refractivity contribution is 5.25. The van der Waals surface area contributed by atoms with Crippen molar-refractivity contribution in [2.45, 2.75) is 13.8 Å². The third-order valence-corrected chi connectivity index (χ3v) is 2.08. The van der Waals surface area contributed by atoms with Crippen molar-refractivity contribution in [3.05, 3.63) is 33.9 Å². The Morgan fingerprint density at radius 3 is 2.62 bits per heavy atom. The Morgan fingerprint density at radius 2 is 2.06 bits per heavy atom. The normalized spacial score (nSPS) is 10.4. The zero-order valence-corrected chi connectivity index (χ0v) is 9.31. The molecule has 0 amide bonds. The first-order valence-corrected chi connectivity index (χ1v) is 4.79. The molecule has 0 bridgehead atoms. The second-order valence-corrected chi connectivity index (χ2v) is 3.47. The van der Waals surface area contributed by atoms with Crippen molar-refractivity contribution in [1.82, 2.24) is 19.7 Å². The smallest absolute Gasteiger partial charge is 0.318 e. The quantitative estimate of drug-likeness (QED) is 0.803. The topological polar surface area (TPSA) is 72.8 Å². The first-order chi connectivity index (χ1) is 7.60. The molecule has 0 atom stereocenters. The summed E-state index contributed by atoms with van der Waals surface area (Å²) in [5.74, 6) is 0.474. The molecule has 0 aliphatic carbocycles. The van der Waals surface area contributed by atoms with Crippen LogP contribution in [0.1, 0.15) is 11.4 Å². The molecule has 0 radical (unpaired) electrons. The molecule has 0 aliphatic rings. The molecule has 2 aromatic rings. The van der Waals surface area contributed by atoms with E-state index >= 15 is 0 Å². The lowest BCUT2D eigenvalue weighted by Gasteiger charge is -2.04. The summed E-state index contributed by atoms with van der Waals surface area (Å²) in [5.41, 5.74) is 1.36. The number of nitrogens with one attached hydrogen (secondary N) is 1. The Kier molecular flexibility index (Phi) is 2.47. The molecule has 16 heavy (non-hydrogen) atoms. The Labute approximate surface area is 91.9 Å². The molecule has 0 aromatic carbocycles. The zero-order valence-electron chi connectivity index (χ0n) is 9.31. The third-order valence-electron chi connectivity index (χ3n) is 2.08. The van der Waals surface area contributed by atoms with Crippen molar-refractivity contribution >= 4 is 0 Å². The second kappa shape index (κ2) is 3.80. The largest absolute Gasteiger partial charge is 0.467 e. The maximum atomic E-state index is 11.6. The molecule has 0 spiro atoms. The average molecular weight is 220 g/mol. The fourth-order valence-corrected chi connectivity index (χ4v) is 1.41. The lowest BCUT2D eigenvalue weighted by atomic mass is 10.4. The lowest BCUT2D eigenvalue weighted by molar-refractivity contribution is 0.377. The minimum absolute atomic E-state index is 0.155. The molecule has 0 saturated carbocycles. The molecule has 0 aliphatic heterocycles. The summed E-state index contributed by atoms with van der Waals surface area (Å²) >= 11 is 0. The van der Waals surface area contributed by atoms with Crippen LogP contribution in [0.25, 0.3) is 5.82 Å². The monoisotopic (exact) mass is 220 g/mol. The molecule has 1 N–H and O–H groups in total. The van der Waals surface area contributed by atoms with Gasteiger partial charge >= 0.3 is 6.01 Å². The highest BCUT2D eigenvalue weighted by Crippen LogP contribution is 2.08. The van der Waals surface area contributed by atoms with E-state index in [-0.39, 0.29) is 11.6 Å². The number of ether oxygens (including phenoxy) is 1. The maximum absolute atomic E-state index is 11.6. The third kappa shape index (κ3) is 1.81. The summed E-state index contributed by atoms with van der Waals surface area (Å²) < 4.78 is 6.31. The number of aromatic nitrogens is 4. The van der Waals surface area contributed by atoms with Crippen LogP contribution in [0.15, 0.2) is 16.9 Å². The molecule has 0 fully saturated rings. The van der Waals surface area contributed by atoms with Gasteiger partial charge in [-0.05, 0) is 13.8 Å². The van der Waals surface area contributed by atoms with Gasteiger partial charge in [0.25, 0.3) is 5.56 Å². The van der Waals surface area contributed by atoms with E-state index in [1.807, 2.05) is 13.8 Å². The summed E-state index contributed by atoms with van der Waals surface area (Å²) in [6.07, 6.45) is 0. The van der Waals surface area contributed by atoms with Crippen LogP contribution in [-0.2, 0) is 0 Å². The van der Waals surface area contributed by atoms with Crippen molar-refractivity contribution in [3.8, 4) is 11.8 Å². The number of aromatic amines is 1. The van der Waals surface area contributed by atoms with Crippen LogP contribution >= 0.6 is 0 Å². The Bertz CT molecular complexity index is 570. The molecule has 6 heteroatoms. The molecule has 2 aromatic heterocycles. The van der Waals surface area contributed by atoms with Gasteiger partial charge < -0.3 is 4.74 Å². The number of rotatable bonds is 2. The maximum Gasteiger partial charge on any atom is 0.318 e. The molecule has 2 rings (SSSR count). The summed E-state index contributed by atoms with van der Waals surface area (Å²) in [6, 6.07) is 3.46. The van der Waals surface area contributed by atoms with Crippen LogP contribution in [0, 0.1) is 13.8 Å². The van der Waals surface area contributed by atoms with Crippen LogP contribution in [0.4, 0.5) is 0 Å². The standard InChI is InChI=1S/C10H12N4O2/c1-6-4-8(12-10(11-6)16-3)14-9(15)5-7(2)13-14/h4-5,13H,1-3H3. The van der Waals surface area contributed by atoms with E-state index in [2.05, 4.69) is 15.1 Å². The number of hydrogen-bond donors (Lipinski definition) is 1. The number of methoxy groups -OCH3 is 1. The zero-order chi connectivity index (χ0) is 11.7. The van der Waals surface area contributed by atoms with Crippen LogP contribution in [0.3, 0.4) is 0 Å². The van der Waals surface area contributed by atoms with Crippen molar-refractivity contribution in [2.24, 2.45) is 0 Å². The molecule has 6 nitrogen and oxygen atoms in total. The van der Waals surface area contributed by atoms with Gasteiger partial charge in [0, 0.05) is 23.5 Å². The number of hydrogen-bond acceptors (Lipinski definition) is 4. The van der Waals surface area contributed by atoms with Gasteiger partial charge in [0.2, 0.25) is 0 Å². The van der Waals surface area contributed by atoms with Crippen LogP contribution in [0.5, 0.6) is 6.01 Å². The highest BCUT2D eigenvalue weighted by atomic mass is 16.5. The molecular weight excluding hydrogens is 208 g/mol. The van der Waals surface area contributed by atoms with E-state index in [1.54, 1.807) is 6.07 Å². The molecule has 84 valence electrons. The van der Waals surface area contributed by atoms with Crippen LogP contribution < -0.4 is 10.3 Å². The van der Waals surface area contributed by atoms with Crippen LogP contribution in [0.2, 0.25) is 0 Å². The summed E-state index contributed by atoms with van der Waals surface area (Å²) in [6.45, 7) is 3.62. The van der Waals surface area contributed by atoms with E-state index in [9.17, 15) is 4.79 Å². The number of nitrogens with zero attached hydrogens (tertiary/aromatic N) is 3. The number of aryl methyl sites for hydroxylation is 2. The van der Waals surface area contributed by atoms with Gasteiger partial charge in [0.15, 0.2) is 5.82 Å². The Hall–Kier alpha value is -2.11. The first-order valence-electron chi connectivity index (χ1n) is 4.79. The minimum atomic E-state index is -0.155. The average Bonchev–Trinajstić information content (AvgIpc) is 2.57. The predicted octanol–water partition coefficient (Wildman–Crippen LogP) is 0.581. The highest BCUT2D eigenvalue weighted by Gasteiger charge is 2.07. The Morgan fingerprint density at radius 1 is 1.31 bits per heavy atom. The van der Waals surface area contributed by atoms with Crippen LogP contribution in [-0.4, -0.2) is 26.9 Å². The van der Waals surface area contributed by atoms with Gasteiger partial charge in [0.05, 0.1) is 7.11 Å². The van der Waals surface area contributed by atoms with E-state index < -0.39 is 0 Å². The SMILES string of the molecule is COc1nc(C)cc(-n2[nH]c(C)cc2=O)n1. The second-order valence-electron chi connectivity index (χ2n) is 3.47.